The lowest BCUT2D eigenvalue weighted by Crippen LogP contribution is -2.05. The van der Waals surface area contributed by atoms with Gasteiger partial charge in [0.2, 0.25) is 0 Å². The van der Waals surface area contributed by atoms with Gasteiger partial charge in [-0.3, -0.25) is 0 Å². The van der Waals surface area contributed by atoms with E-state index in [-0.39, 0.29) is 0 Å². The van der Waals surface area contributed by atoms with E-state index < -0.39 is 0 Å². The topological polar surface area (TPSA) is 72.5 Å². The molecule has 5 nitrogen and oxygen atoms in total. The monoisotopic (exact) mass is 269 g/mol. The Kier molecular flexibility index (Phi) is 2.34. The molecule has 3 N–H and O–H groups in total. The highest BCUT2D eigenvalue weighted by Gasteiger charge is 2.25. The van der Waals surface area contributed by atoms with Crippen LogP contribution in [0.4, 0.5) is 5.82 Å². The van der Waals surface area contributed by atoms with Gasteiger partial charge in [0.15, 0.2) is 5.65 Å². The van der Waals surface area contributed by atoms with Crippen molar-refractivity contribution in [2.24, 2.45) is 5.92 Å². The molecule has 0 bridgehead atoms. The number of nitrogens with zero attached hydrogens (tertiary/aromatic N) is 3. The summed E-state index contributed by atoms with van der Waals surface area (Å²) in [5, 5.41) is 0.972. The van der Waals surface area contributed by atoms with E-state index in [2.05, 4.69) is 26.4 Å². The molecule has 0 aromatic carbocycles. The molecule has 104 valence electrons. The Morgan fingerprint density at radius 1 is 1.40 bits per heavy atom. The van der Waals surface area contributed by atoms with Crippen LogP contribution in [0, 0.1) is 12.8 Å². The lowest BCUT2D eigenvalue weighted by molar-refractivity contribution is 0.502. The van der Waals surface area contributed by atoms with E-state index in [1.54, 1.807) is 0 Å². The first-order valence-electron chi connectivity index (χ1n) is 7.25. The predicted octanol–water partition coefficient (Wildman–Crippen LogP) is 3.16. The first-order chi connectivity index (χ1) is 9.63. The van der Waals surface area contributed by atoms with Crippen molar-refractivity contribution < 1.29 is 0 Å². The van der Waals surface area contributed by atoms with E-state index >= 15 is 0 Å². The SMILES string of the molecule is Cc1cc2c(N)nc3c(ncn3[C@H]3CCC(C)C3)c2[nH]1. The molecule has 1 aliphatic rings. The van der Waals surface area contributed by atoms with Crippen LogP contribution in [0.2, 0.25) is 0 Å². The van der Waals surface area contributed by atoms with Crippen molar-refractivity contribution >= 4 is 27.9 Å². The summed E-state index contributed by atoms with van der Waals surface area (Å²) in [7, 11) is 0. The van der Waals surface area contributed by atoms with Gasteiger partial charge in [0, 0.05) is 17.1 Å². The number of aromatic amines is 1. The average Bonchev–Trinajstić information content (AvgIpc) is 3.07. The zero-order chi connectivity index (χ0) is 13.9. The molecule has 3 aromatic heterocycles. The maximum absolute atomic E-state index is 6.12. The van der Waals surface area contributed by atoms with Gasteiger partial charge in [-0.15, -0.1) is 0 Å². The fraction of sp³-hybridized carbons (Fsp3) is 0.467. The molecule has 0 amide bonds. The number of anilines is 1. The lowest BCUT2D eigenvalue weighted by Gasteiger charge is -2.12. The number of pyridine rings is 1. The van der Waals surface area contributed by atoms with Crippen LogP contribution in [0.25, 0.3) is 22.1 Å². The zero-order valence-electron chi connectivity index (χ0n) is 11.8. The maximum atomic E-state index is 6.12. The number of nitrogen functional groups attached to an aromatic ring is 1. The van der Waals surface area contributed by atoms with Crippen LogP contribution in [0.5, 0.6) is 0 Å². The van der Waals surface area contributed by atoms with E-state index in [1.807, 2.05) is 19.3 Å². The number of nitrogens with two attached hydrogens (primary N) is 1. The van der Waals surface area contributed by atoms with Gasteiger partial charge in [0.1, 0.15) is 11.3 Å². The summed E-state index contributed by atoms with van der Waals surface area (Å²) in [5.74, 6) is 1.37. The number of hydrogen-bond acceptors (Lipinski definition) is 3. The van der Waals surface area contributed by atoms with Crippen molar-refractivity contribution in [3.8, 4) is 0 Å². The number of aryl methyl sites for hydroxylation is 1. The van der Waals surface area contributed by atoms with Gasteiger partial charge in [-0.1, -0.05) is 6.92 Å². The number of H-pyrrole nitrogens is 1. The molecule has 20 heavy (non-hydrogen) atoms. The number of hydrogen-bond donors (Lipinski definition) is 2. The highest BCUT2D eigenvalue weighted by Crippen LogP contribution is 2.37. The largest absolute Gasteiger partial charge is 0.383 e. The molecule has 0 aliphatic heterocycles. The molecule has 1 unspecified atom stereocenters. The van der Waals surface area contributed by atoms with Gasteiger partial charge >= 0.3 is 0 Å². The summed E-state index contributed by atoms with van der Waals surface area (Å²) in [6.07, 6.45) is 5.62. The van der Waals surface area contributed by atoms with Crippen LogP contribution in [0.3, 0.4) is 0 Å². The lowest BCUT2D eigenvalue weighted by atomic mass is 10.1. The minimum absolute atomic E-state index is 0.510. The van der Waals surface area contributed by atoms with Gasteiger partial charge in [-0.05, 0) is 38.2 Å². The van der Waals surface area contributed by atoms with Crippen molar-refractivity contribution in [3.05, 3.63) is 18.1 Å². The van der Waals surface area contributed by atoms with E-state index in [4.69, 9.17) is 5.73 Å². The molecular weight excluding hydrogens is 250 g/mol. The number of imidazole rings is 1. The first kappa shape index (κ1) is 11.8. The Balaban J connectivity index is 1.96. The summed E-state index contributed by atoms with van der Waals surface area (Å²) < 4.78 is 2.21. The molecule has 2 atom stereocenters. The first-order valence-corrected chi connectivity index (χ1v) is 7.25. The molecule has 0 saturated heterocycles. The van der Waals surface area contributed by atoms with Crippen molar-refractivity contribution in [1.29, 1.82) is 0 Å². The Bertz CT molecular complexity index is 797. The molecule has 4 rings (SSSR count). The third-order valence-corrected chi connectivity index (χ3v) is 4.52. The van der Waals surface area contributed by atoms with E-state index in [0.717, 1.165) is 33.7 Å². The van der Waals surface area contributed by atoms with Gasteiger partial charge in [-0.2, -0.15) is 0 Å². The number of fused-ring (bicyclic) bond motifs is 3. The third-order valence-electron chi connectivity index (χ3n) is 4.52. The molecule has 0 spiro atoms. The fourth-order valence-corrected chi connectivity index (χ4v) is 3.49. The van der Waals surface area contributed by atoms with Crippen molar-refractivity contribution in [2.45, 2.75) is 39.2 Å². The second-order valence-corrected chi connectivity index (χ2v) is 6.13. The van der Waals surface area contributed by atoms with E-state index in [9.17, 15) is 0 Å². The number of aromatic nitrogens is 4. The van der Waals surface area contributed by atoms with Crippen LogP contribution in [-0.4, -0.2) is 19.5 Å². The fourth-order valence-electron chi connectivity index (χ4n) is 3.49. The second kappa shape index (κ2) is 3.98. The number of rotatable bonds is 1. The maximum Gasteiger partial charge on any atom is 0.164 e. The Morgan fingerprint density at radius 2 is 2.25 bits per heavy atom. The zero-order valence-corrected chi connectivity index (χ0v) is 11.8. The van der Waals surface area contributed by atoms with Crippen LogP contribution in [0.15, 0.2) is 12.4 Å². The molecule has 1 saturated carbocycles. The smallest absolute Gasteiger partial charge is 0.164 e. The molecular formula is C15H19N5. The number of nitrogens with one attached hydrogen (secondary N) is 1. The summed E-state index contributed by atoms with van der Waals surface area (Å²) in [4.78, 5) is 12.5. The average molecular weight is 269 g/mol. The Morgan fingerprint density at radius 3 is 3.00 bits per heavy atom. The third kappa shape index (κ3) is 1.55. The van der Waals surface area contributed by atoms with Gasteiger partial charge in [0.25, 0.3) is 0 Å². The summed E-state index contributed by atoms with van der Waals surface area (Å²) in [6.45, 7) is 4.34. The van der Waals surface area contributed by atoms with E-state index in [0.29, 0.717) is 11.9 Å². The van der Waals surface area contributed by atoms with Crippen LogP contribution < -0.4 is 5.73 Å². The minimum Gasteiger partial charge on any atom is -0.383 e. The van der Waals surface area contributed by atoms with Crippen molar-refractivity contribution in [3.63, 3.8) is 0 Å². The summed E-state index contributed by atoms with van der Waals surface area (Å²) in [5.41, 5.74) is 10.1. The van der Waals surface area contributed by atoms with Crippen molar-refractivity contribution in [1.82, 2.24) is 19.5 Å². The predicted molar refractivity (Wildman–Crippen MR) is 80.6 cm³/mol. The van der Waals surface area contributed by atoms with Crippen molar-refractivity contribution in [2.75, 3.05) is 5.73 Å². The van der Waals surface area contributed by atoms with Gasteiger partial charge in [-0.25, -0.2) is 9.97 Å². The molecule has 5 heteroatoms. The van der Waals surface area contributed by atoms with Gasteiger partial charge in [0.05, 0.1) is 11.8 Å². The van der Waals surface area contributed by atoms with E-state index in [1.165, 1.54) is 19.3 Å². The van der Waals surface area contributed by atoms with Crippen LogP contribution in [0.1, 0.15) is 37.9 Å². The summed E-state index contributed by atoms with van der Waals surface area (Å²) in [6, 6.07) is 2.55. The second-order valence-electron chi connectivity index (χ2n) is 6.13. The molecule has 3 heterocycles. The molecule has 3 aromatic rings. The Labute approximate surface area is 117 Å². The molecule has 1 fully saturated rings. The van der Waals surface area contributed by atoms with Gasteiger partial charge < -0.3 is 15.3 Å². The summed E-state index contributed by atoms with van der Waals surface area (Å²) >= 11 is 0. The molecule has 1 aliphatic carbocycles. The normalized spacial score (nSPS) is 23.1. The standard InChI is InChI=1S/C15H19N5/c1-8-3-4-10(5-8)20-7-17-13-12-11(6-9(2)18-12)14(16)19-15(13)20/h6-8,10,18H,3-5H2,1-2H3,(H2,16,19)/t8?,10-/m0/s1. The molecule has 0 radical (unpaired) electrons. The minimum atomic E-state index is 0.510. The Hall–Kier alpha value is -2.04. The highest BCUT2D eigenvalue weighted by atomic mass is 15.1. The van der Waals surface area contributed by atoms with Crippen LogP contribution in [-0.2, 0) is 0 Å². The highest BCUT2D eigenvalue weighted by molar-refractivity contribution is 6.05. The van der Waals surface area contributed by atoms with Crippen LogP contribution >= 0.6 is 0 Å². The quantitative estimate of drug-likeness (QED) is 0.712.